The molecule has 0 saturated carbocycles. The Hall–Kier alpha value is -0.630. The summed E-state index contributed by atoms with van der Waals surface area (Å²) < 4.78 is 22.0. The molecule has 3 heterocycles. The quantitative estimate of drug-likeness (QED) is 0.126. The molecule has 1 aliphatic carbocycles. The van der Waals surface area contributed by atoms with Gasteiger partial charge in [-0.15, -0.1) is 22.7 Å². The van der Waals surface area contributed by atoms with E-state index in [0.717, 1.165) is 4.78 Å². The maximum absolute atomic E-state index is 8.64. The molecule has 4 nitrogen and oxygen atoms in total. The average Bonchev–Trinajstić information content (AvgIpc) is 3.68. The minimum absolute atomic E-state index is 0.0291. The number of hydrogen-bond donors (Lipinski definition) is 0. The predicted octanol–water partition coefficient (Wildman–Crippen LogP) is 9.13. The first-order valence-corrected chi connectivity index (χ1v) is 19.5. The summed E-state index contributed by atoms with van der Waals surface area (Å²) in [4.78, 5) is 2.82. The van der Waals surface area contributed by atoms with Crippen molar-refractivity contribution in [2.75, 3.05) is 0 Å². The van der Waals surface area contributed by atoms with E-state index in [4.69, 9.17) is 19.1 Å². The van der Waals surface area contributed by atoms with Gasteiger partial charge in [0.05, 0.1) is 11.2 Å². The number of rotatable bonds is 17. The molecule has 251 valence electrons. The van der Waals surface area contributed by atoms with Crippen LogP contribution in [0.2, 0.25) is 0 Å². The second-order valence-electron chi connectivity index (χ2n) is 16.1. The van der Waals surface area contributed by atoms with E-state index in [1.807, 2.05) is 57.9 Å². The Bertz CT molecular complexity index is 1240. The van der Waals surface area contributed by atoms with E-state index in [2.05, 4.69) is 67.5 Å². The van der Waals surface area contributed by atoms with E-state index in [9.17, 15) is 0 Å². The van der Waals surface area contributed by atoms with Crippen LogP contribution in [0.5, 0.6) is 0 Å². The van der Waals surface area contributed by atoms with Crippen LogP contribution in [0.25, 0.3) is 9.75 Å². The van der Waals surface area contributed by atoms with Gasteiger partial charge in [-0.05, 0) is 83.4 Å². The van der Waals surface area contributed by atoms with Crippen molar-refractivity contribution in [2.45, 2.75) is 175 Å². The monoisotopic (exact) mass is 656 g/mol. The molecular formula is C37H62B2O4S2+. The largest absolute Gasteiger partial charge is 0.505 e. The van der Waals surface area contributed by atoms with Crippen molar-refractivity contribution in [3.8, 4) is 9.75 Å². The number of fused-ring (bicyclic) bond motifs is 3. The molecule has 2 aromatic rings. The van der Waals surface area contributed by atoms with Gasteiger partial charge in [0, 0.05) is 38.6 Å². The molecule has 0 spiro atoms. The molecule has 1 fully saturated rings. The molecule has 2 N–H and O–H groups in total. The summed E-state index contributed by atoms with van der Waals surface area (Å²) in [6, 6.07) is 4.94. The molecule has 0 bridgehead atoms. The van der Waals surface area contributed by atoms with E-state index in [-0.39, 0.29) is 23.7 Å². The Kier molecular flexibility index (Phi) is 11.6. The summed E-state index contributed by atoms with van der Waals surface area (Å²) in [6.07, 6.45) is 12.5. The third kappa shape index (κ3) is 7.52. The van der Waals surface area contributed by atoms with Crippen LogP contribution >= 0.6 is 22.7 Å². The molecule has 4 rings (SSSR count). The van der Waals surface area contributed by atoms with Crippen molar-refractivity contribution < 1.29 is 19.1 Å². The Balaban J connectivity index is 1.85. The van der Waals surface area contributed by atoms with Gasteiger partial charge in [-0.1, -0.05) is 85.1 Å². The van der Waals surface area contributed by atoms with Crippen LogP contribution in [-0.4, -0.2) is 42.1 Å². The second-order valence-corrected chi connectivity index (χ2v) is 18.2. The zero-order chi connectivity index (χ0) is 33.4. The smallest absolute Gasteiger partial charge is 0.439 e. The van der Waals surface area contributed by atoms with Crippen LogP contribution in [0, 0.1) is 11.8 Å². The molecule has 2 unspecified atom stereocenters. The summed E-state index contributed by atoms with van der Waals surface area (Å²) in [6.45, 7) is 25.9. The zero-order valence-electron chi connectivity index (χ0n) is 30.6. The molecule has 1 radical (unpaired) electrons. The van der Waals surface area contributed by atoms with Gasteiger partial charge in [-0.3, -0.25) is 0 Å². The SMILES string of the molecule is CCCCC(CC)CC1(CC(CC)CCCC)c2cc([B]OC(C)(C)C(C)(C)[OH2+])sc2-c2sc(B3OC(C)(C)C(C)(C)O3)cc21. The Morgan fingerprint density at radius 1 is 0.822 bits per heavy atom. The van der Waals surface area contributed by atoms with Gasteiger partial charge in [0.1, 0.15) is 5.60 Å². The standard InChI is InChI=1S/C37H61B2O4S2/c1-13-17-19-25(15-3)23-37(24-26(16-4)20-18-14-2)27-21-29(38-41-34(7,8)33(5,6)40)44-31(27)32-28(37)22-30(45-32)39-42-35(9,10)36(11,12)43-39/h21-22,25-26,40H,13-20,23-24H2,1-12H3/p+1. The normalized spacial score (nSPS) is 22.0. The Labute approximate surface area is 284 Å². The minimum Gasteiger partial charge on any atom is -0.439 e. The molecule has 2 aliphatic rings. The van der Waals surface area contributed by atoms with E-state index in [1.54, 1.807) is 0 Å². The highest BCUT2D eigenvalue weighted by Crippen LogP contribution is 2.59. The highest BCUT2D eigenvalue weighted by Gasteiger charge is 2.54. The predicted molar refractivity (Wildman–Crippen MR) is 198 cm³/mol. The first-order valence-electron chi connectivity index (χ1n) is 17.9. The van der Waals surface area contributed by atoms with E-state index in [1.165, 1.54) is 89.9 Å². The third-order valence-electron chi connectivity index (χ3n) is 11.6. The molecule has 0 amide bonds. The minimum atomic E-state index is -0.715. The van der Waals surface area contributed by atoms with Crippen molar-refractivity contribution in [3.05, 3.63) is 23.3 Å². The fourth-order valence-corrected chi connectivity index (χ4v) is 9.39. The lowest BCUT2D eigenvalue weighted by Gasteiger charge is -2.38. The van der Waals surface area contributed by atoms with Crippen molar-refractivity contribution in [1.29, 1.82) is 0 Å². The fraction of sp³-hybridized carbons (Fsp3) is 0.784. The van der Waals surface area contributed by atoms with Crippen LogP contribution in [-0.2, 0) is 19.4 Å². The van der Waals surface area contributed by atoms with Crippen LogP contribution in [0.15, 0.2) is 12.1 Å². The average molecular weight is 657 g/mol. The molecule has 45 heavy (non-hydrogen) atoms. The van der Waals surface area contributed by atoms with Crippen LogP contribution in [0.3, 0.4) is 0 Å². The summed E-state index contributed by atoms with van der Waals surface area (Å²) in [5.74, 6) is 1.36. The number of thiophene rings is 2. The summed E-state index contributed by atoms with van der Waals surface area (Å²) in [7, 11) is 1.60. The molecule has 1 aliphatic heterocycles. The van der Waals surface area contributed by atoms with Crippen molar-refractivity contribution in [1.82, 2.24) is 0 Å². The van der Waals surface area contributed by atoms with Gasteiger partial charge in [-0.2, -0.15) is 0 Å². The van der Waals surface area contributed by atoms with Crippen LogP contribution < -0.4 is 9.55 Å². The second kappa shape index (κ2) is 14.1. The molecule has 1 saturated heterocycles. The highest BCUT2D eigenvalue weighted by molar-refractivity contribution is 7.30. The van der Waals surface area contributed by atoms with Gasteiger partial charge in [-0.25, -0.2) is 0 Å². The third-order valence-corrected chi connectivity index (χ3v) is 13.9. The Morgan fingerprint density at radius 2 is 1.31 bits per heavy atom. The van der Waals surface area contributed by atoms with Gasteiger partial charge >= 0.3 is 14.6 Å². The van der Waals surface area contributed by atoms with Gasteiger partial charge in [0.15, 0.2) is 5.60 Å². The summed E-state index contributed by atoms with van der Waals surface area (Å²) in [5, 5.41) is 8.64. The molecule has 2 aromatic heterocycles. The summed E-state index contributed by atoms with van der Waals surface area (Å²) >= 11 is 3.75. The maximum Gasteiger partial charge on any atom is 0.505 e. The topological polar surface area (TPSA) is 50.6 Å². The van der Waals surface area contributed by atoms with Crippen LogP contribution in [0.1, 0.15) is 158 Å². The molecule has 0 aromatic carbocycles. The van der Waals surface area contributed by atoms with Crippen molar-refractivity contribution >= 4 is 46.8 Å². The lowest BCUT2D eigenvalue weighted by molar-refractivity contribution is -0.0892. The van der Waals surface area contributed by atoms with Crippen molar-refractivity contribution in [2.24, 2.45) is 11.8 Å². The van der Waals surface area contributed by atoms with Gasteiger partial charge in [0.2, 0.25) is 0 Å². The summed E-state index contributed by atoms with van der Waals surface area (Å²) in [5.41, 5.74) is 0.954. The molecule has 8 heteroatoms. The lowest BCUT2D eigenvalue weighted by Crippen LogP contribution is -2.49. The van der Waals surface area contributed by atoms with Crippen molar-refractivity contribution in [3.63, 3.8) is 0 Å². The first kappa shape index (κ1) is 37.2. The zero-order valence-corrected chi connectivity index (χ0v) is 32.2. The Morgan fingerprint density at radius 3 is 1.78 bits per heavy atom. The molecular weight excluding hydrogens is 594 g/mol. The van der Waals surface area contributed by atoms with E-state index < -0.39 is 11.2 Å². The number of unbranched alkanes of at least 4 members (excludes halogenated alkanes) is 2. The van der Waals surface area contributed by atoms with Crippen LogP contribution in [0.4, 0.5) is 0 Å². The number of hydrogen-bond acceptors (Lipinski definition) is 5. The van der Waals surface area contributed by atoms with E-state index >= 15 is 0 Å². The first-order chi connectivity index (χ1) is 20.9. The van der Waals surface area contributed by atoms with E-state index in [0.29, 0.717) is 11.8 Å². The fourth-order valence-electron chi connectivity index (χ4n) is 6.90. The van der Waals surface area contributed by atoms with Gasteiger partial charge < -0.3 is 19.1 Å². The molecule has 2 atom stereocenters. The maximum atomic E-state index is 8.64. The van der Waals surface area contributed by atoms with Gasteiger partial charge in [0.25, 0.3) is 0 Å². The lowest BCUT2D eigenvalue weighted by atomic mass is 9.65. The highest BCUT2D eigenvalue weighted by atomic mass is 32.1.